The molecule has 0 saturated carbocycles. The highest BCUT2D eigenvalue weighted by atomic mass is 32.2. The average Bonchev–Trinajstić information content (AvgIpc) is 3.42. The van der Waals surface area contributed by atoms with Gasteiger partial charge in [-0.2, -0.15) is 5.26 Å². The monoisotopic (exact) mass is 440 g/mol. The summed E-state index contributed by atoms with van der Waals surface area (Å²) >= 11 is 1.35. The highest BCUT2D eigenvalue weighted by Crippen LogP contribution is 2.39. The van der Waals surface area contributed by atoms with Crippen LogP contribution in [0.4, 0.5) is 5.69 Å². The first-order valence-corrected chi connectivity index (χ1v) is 12.2. The molecule has 1 aromatic rings. The zero-order chi connectivity index (χ0) is 22.2. The van der Waals surface area contributed by atoms with E-state index in [1.165, 1.54) is 43.3 Å². The lowest BCUT2D eigenvalue weighted by Gasteiger charge is -2.15. The maximum absolute atomic E-state index is 12.8. The lowest BCUT2D eigenvalue weighted by atomic mass is 10.1. The highest BCUT2D eigenvalue weighted by molar-refractivity contribution is 8.04. The Labute approximate surface area is 189 Å². The largest absolute Gasteiger partial charge is 0.385 e. The molecular weight excluding hydrogens is 408 g/mol. The van der Waals surface area contributed by atoms with E-state index in [1.807, 2.05) is 13.0 Å². The van der Waals surface area contributed by atoms with E-state index in [0.717, 1.165) is 18.7 Å². The van der Waals surface area contributed by atoms with Crippen LogP contribution in [0.1, 0.15) is 45.1 Å². The van der Waals surface area contributed by atoms with Crippen molar-refractivity contribution in [3.8, 4) is 6.07 Å². The number of thioether (sulfide) groups is 1. The summed E-state index contributed by atoms with van der Waals surface area (Å²) < 4.78 is 0. The van der Waals surface area contributed by atoms with Crippen LogP contribution in [-0.4, -0.2) is 59.5 Å². The lowest BCUT2D eigenvalue weighted by Crippen LogP contribution is -2.30. The van der Waals surface area contributed by atoms with E-state index in [9.17, 15) is 14.9 Å². The van der Waals surface area contributed by atoms with E-state index in [1.54, 1.807) is 11.8 Å². The van der Waals surface area contributed by atoms with Crippen molar-refractivity contribution in [1.29, 1.82) is 5.26 Å². The van der Waals surface area contributed by atoms with Gasteiger partial charge in [0.1, 0.15) is 11.6 Å². The van der Waals surface area contributed by atoms with Crippen LogP contribution in [0, 0.1) is 11.3 Å². The number of rotatable bonds is 10. The lowest BCUT2D eigenvalue weighted by molar-refractivity contribution is -0.127. The van der Waals surface area contributed by atoms with Gasteiger partial charge >= 0.3 is 0 Å². The van der Waals surface area contributed by atoms with E-state index in [0.29, 0.717) is 24.5 Å². The molecule has 1 aromatic carbocycles. The molecule has 1 unspecified atom stereocenters. The topological polar surface area (TPSA) is 76.4 Å². The number of nitriles is 1. The number of hydrogen-bond acceptors (Lipinski definition) is 6. The number of ketones is 1. The summed E-state index contributed by atoms with van der Waals surface area (Å²) in [6, 6.07) is 10.5. The minimum absolute atomic E-state index is 0.0155. The van der Waals surface area contributed by atoms with Crippen molar-refractivity contribution in [2.24, 2.45) is 0 Å². The molecular formula is C24H32N4O2S. The molecule has 0 aromatic heterocycles. The Balaban J connectivity index is 1.51. The molecule has 1 N–H and O–H groups in total. The minimum Gasteiger partial charge on any atom is -0.385 e. The standard InChI is InChI=1S/C24H32N4O2S/c1-3-21(29)20(17-25)24-28(4-2)23(30)22(31-24)11-13-26-19-9-7-18(8-10-19)12-16-27-14-5-6-15-27/h7-10,22,26H,3-6,11-16H2,1-2H3/b24-20-. The van der Waals surface area contributed by atoms with Gasteiger partial charge in [-0.25, -0.2) is 0 Å². The number of amides is 1. The predicted molar refractivity (Wildman–Crippen MR) is 126 cm³/mol. The Bertz CT molecular complexity index is 853. The van der Waals surface area contributed by atoms with Crippen LogP contribution in [-0.2, 0) is 16.0 Å². The van der Waals surface area contributed by atoms with Crippen LogP contribution in [0.5, 0.6) is 0 Å². The second-order valence-electron chi connectivity index (χ2n) is 7.97. The number of benzene rings is 1. The van der Waals surface area contributed by atoms with Crippen LogP contribution < -0.4 is 5.32 Å². The maximum atomic E-state index is 12.8. The average molecular weight is 441 g/mol. The van der Waals surface area contributed by atoms with E-state index in [2.05, 4.69) is 34.5 Å². The summed E-state index contributed by atoms with van der Waals surface area (Å²) in [6.07, 6.45) is 4.63. The Morgan fingerprint density at radius 2 is 1.94 bits per heavy atom. The Morgan fingerprint density at radius 3 is 2.55 bits per heavy atom. The summed E-state index contributed by atoms with van der Waals surface area (Å²) in [5, 5.41) is 13.1. The fraction of sp³-hybridized carbons (Fsp3) is 0.542. The smallest absolute Gasteiger partial charge is 0.241 e. The second kappa shape index (κ2) is 11.4. The molecule has 166 valence electrons. The molecule has 0 bridgehead atoms. The van der Waals surface area contributed by atoms with Crippen molar-refractivity contribution in [2.45, 2.75) is 51.2 Å². The predicted octanol–water partition coefficient (Wildman–Crippen LogP) is 3.81. The molecule has 3 rings (SSSR count). The van der Waals surface area contributed by atoms with Gasteiger partial charge in [-0.3, -0.25) is 9.59 Å². The Kier molecular flexibility index (Phi) is 8.56. The van der Waals surface area contributed by atoms with Gasteiger partial charge in [-0.1, -0.05) is 30.8 Å². The van der Waals surface area contributed by atoms with Crippen LogP contribution in [0.25, 0.3) is 0 Å². The van der Waals surface area contributed by atoms with Gasteiger partial charge in [0.05, 0.1) is 10.3 Å². The normalized spacial score (nSPS) is 20.7. The van der Waals surface area contributed by atoms with Crippen molar-refractivity contribution in [3.63, 3.8) is 0 Å². The van der Waals surface area contributed by atoms with E-state index in [-0.39, 0.29) is 28.9 Å². The third-order valence-corrected chi connectivity index (χ3v) is 7.26. The SMILES string of the molecule is CCC(=O)/C(C#N)=C1\SC(CCNc2ccc(CCN3CCCC3)cc2)C(=O)N1CC. The molecule has 2 aliphatic heterocycles. The Morgan fingerprint density at radius 1 is 1.23 bits per heavy atom. The van der Waals surface area contributed by atoms with E-state index >= 15 is 0 Å². The first-order valence-electron chi connectivity index (χ1n) is 11.3. The van der Waals surface area contributed by atoms with Crippen LogP contribution in [0.2, 0.25) is 0 Å². The molecule has 1 atom stereocenters. The van der Waals surface area contributed by atoms with Crippen molar-refractivity contribution < 1.29 is 9.59 Å². The fourth-order valence-electron chi connectivity index (χ4n) is 4.03. The van der Waals surface area contributed by atoms with Crippen LogP contribution in [0.15, 0.2) is 34.9 Å². The van der Waals surface area contributed by atoms with Gasteiger partial charge in [0, 0.05) is 31.7 Å². The maximum Gasteiger partial charge on any atom is 0.241 e. The quantitative estimate of drug-likeness (QED) is 0.440. The molecule has 2 aliphatic rings. The summed E-state index contributed by atoms with van der Waals surface area (Å²) in [6.45, 7) is 8.31. The number of anilines is 1. The third-order valence-electron chi connectivity index (χ3n) is 5.89. The third kappa shape index (κ3) is 5.90. The van der Waals surface area contributed by atoms with Gasteiger partial charge < -0.3 is 15.1 Å². The van der Waals surface area contributed by atoms with Gasteiger partial charge in [-0.15, -0.1) is 0 Å². The van der Waals surface area contributed by atoms with Crippen LogP contribution >= 0.6 is 11.8 Å². The van der Waals surface area contributed by atoms with Crippen molar-refractivity contribution >= 4 is 29.1 Å². The molecule has 0 radical (unpaired) electrons. The number of Topliss-reactive ketones (excluding diaryl/α,β-unsaturated/α-hetero) is 1. The first kappa shape index (κ1) is 23.4. The van der Waals surface area contributed by atoms with Gasteiger partial charge in [0.25, 0.3) is 0 Å². The number of nitrogens with one attached hydrogen (secondary N) is 1. The molecule has 7 heteroatoms. The summed E-state index contributed by atoms with van der Waals surface area (Å²) in [5.41, 5.74) is 2.50. The van der Waals surface area contributed by atoms with Crippen molar-refractivity contribution in [1.82, 2.24) is 9.80 Å². The fourth-order valence-corrected chi connectivity index (χ4v) is 5.39. The zero-order valence-corrected chi connectivity index (χ0v) is 19.3. The molecule has 2 heterocycles. The number of carbonyl (C=O) groups excluding carboxylic acids is 2. The summed E-state index contributed by atoms with van der Waals surface area (Å²) in [7, 11) is 0. The molecule has 1 amide bonds. The number of allylic oxidation sites excluding steroid dienone is 1. The van der Waals surface area contributed by atoms with Crippen molar-refractivity contribution in [3.05, 3.63) is 40.4 Å². The van der Waals surface area contributed by atoms with Gasteiger partial charge in [0.15, 0.2) is 5.78 Å². The van der Waals surface area contributed by atoms with E-state index in [4.69, 9.17) is 0 Å². The number of hydrogen-bond donors (Lipinski definition) is 1. The summed E-state index contributed by atoms with van der Waals surface area (Å²) in [5.74, 6) is -0.224. The number of likely N-dealkylation sites (tertiary alicyclic amines) is 1. The van der Waals surface area contributed by atoms with Gasteiger partial charge in [-0.05, 0) is 63.4 Å². The van der Waals surface area contributed by atoms with Crippen molar-refractivity contribution in [2.75, 3.05) is 38.0 Å². The van der Waals surface area contributed by atoms with E-state index < -0.39 is 0 Å². The number of nitrogens with zero attached hydrogens (tertiary/aromatic N) is 3. The minimum atomic E-state index is -0.268. The van der Waals surface area contributed by atoms with Gasteiger partial charge in [0.2, 0.25) is 5.91 Å². The molecule has 31 heavy (non-hydrogen) atoms. The molecule has 2 saturated heterocycles. The summed E-state index contributed by atoms with van der Waals surface area (Å²) in [4.78, 5) is 29.0. The Hall–Kier alpha value is -2.30. The zero-order valence-electron chi connectivity index (χ0n) is 18.5. The van der Waals surface area contributed by atoms with Crippen LogP contribution in [0.3, 0.4) is 0 Å². The first-order chi connectivity index (χ1) is 15.1. The molecule has 2 fully saturated rings. The number of carbonyl (C=O) groups is 2. The second-order valence-corrected chi connectivity index (χ2v) is 9.16. The molecule has 6 nitrogen and oxygen atoms in total. The molecule has 0 aliphatic carbocycles. The highest BCUT2D eigenvalue weighted by Gasteiger charge is 2.38. The molecule has 0 spiro atoms.